The van der Waals surface area contributed by atoms with Crippen LogP contribution in [0.25, 0.3) is 0 Å². The molecule has 0 N–H and O–H groups in total. The van der Waals surface area contributed by atoms with Crippen LogP contribution in [0.15, 0.2) is 42.7 Å². The molecule has 3 nitrogen and oxygen atoms in total. The van der Waals surface area contributed by atoms with E-state index in [1.807, 2.05) is 18.2 Å². The molecule has 1 rings (SSSR count). The molecule has 0 bridgehead atoms. The second-order valence-corrected chi connectivity index (χ2v) is 6.12. The van der Waals surface area contributed by atoms with Crippen molar-refractivity contribution in [1.29, 1.82) is 0 Å². The van der Waals surface area contributed by atoms with Gasteiger partial charge < -0.3 is 4.52 Å². The van der Waals surface area contributed by atoms with E-state index in [0.717, 1.165) is 19.3 Å². The summed E-state index contributed by atoms with van der Waals surface area (Å²) in [6.07, 6.45) is 3.04. The Kier molecular flexibility index (Phi) is 6.17. The van der Waals surface area contributed by atoms with Gasteiger partial charge in [0.1, 0.15) is 0 Å². The van der Waals surface area contributed by atoms with Crippen LogP contribution in [0.4, 0.5) is 0 Å². The SMILES string of the molecule is C=C(C)OP(=O)(OCCCCC)c1ccccc1. The van der Waals surface area contributed by atoms with E-state index in [1.54, 1.807) is 19.1 Å². The average Bonchev–Trinajstić information content (AvgIpc) is 2.35. The number of hydrogen-bond acceptors (Lipinski definition) is 3. The standard InChI is InChI=1S/C14H21O3P/c1-4-5-9-12-16-18(15,17-13(2)3)14-10-7-6-8-11-14/h6-8,10-11H,2,4-5,9,12H2,1,3H3. The molecule has 100 valence electrons. The monoisotopic (exact) mass is 268 g/mol. The van der Waals surface area contributed by atoms with E-state index in [9.17, 15) is 4.57 Å². The summed E-state index contributed by atoms with van der Waals surface area (Å²) in [5.41, 5.74) is 0. The van der Waals surface area contributed by atoms with E-state index >= 15 is 0 Å². The first-order chi connectivity index (χ1) is 8.58. The number of unbranched alkanes of at least 4 members (excludes halogenated alkanes) is 2. The first-order valence-electron chi connectivity index (χ1n) is 6.24. The second kappa shape index (κ2) is 7.40. The summed E-state index contributed by atoms with van der Waals surface area (Å²) in [6, 6.07) is 9.01. The largest absolute Gasteiger partial charge is 0.427 e. The van der Waals surface area contributed by atoms with Crippen molar-refractivity contribution in [3.8, 4) is 0 Å². The van der Waals surface area contributed by atoms with E-state index in [2.05, 4.69) is 13.5 Å². The van der Waals surface area contributed by atoms with Crippen molar-refractivity contribution in [1.82, 2.24) is 0 Å². The normalized spacial score (nSPS) is 13.9. The summed E-state index contributed by atoms with van der Waals surface area (Å²) in [4.78, 5) is 0. The molecule has 1 aromatic carbocycles. The molecule has 0 heterocycles. The predicted molar refractivity (Wildman–Crippen MR) is 75.1 cm³/mol. The number of benzene rings is 1. The Balaban J connectivity index is 2.76. The summed E-state index contributed by atoms with van der Waals surface area (Å²) < 4.78 is 23.5. The van der Waals surface area contributed by atoms with Gasteiger partial charge in [0.25, 0.3) is 0 Å². The molecule has 0 aromatic heterocycles. The molecule has 18 heavy (non-hydrogen) atoms. The van der Waals surface area contributed by atoms with Gasteiger partial charge in [-0.1, -0.05) is 44.5 Å². The summed E-state index contributed by atoms with van der Waals surface area (Å²) in [7, 11) is -3.27. The maximum atomic E-state index is 12.7. The maximum absolute atomic E-state index is 12.7. The van der Waals surface area contributed by atoms with E-state index in [1.165, 1.54) is 0 Å². The van der Waals surface area contributed by atoms with Gasteiger partial charge in [-0.25, -0.2) is 4.57 Å². The Morgan fingerprint density at radius 1 is 1.28 bits per heavy atom. The minimum Gasteiger partial charge on any atom is -0.427 e. The van der Waals surface area contributed by atoms with Gasteiger partial charge in [0.05, 0.1) is 17.7 Å². The molecule has 0 aliphatic rings. The smallest absolute Gasteiger partial charge is 0.410 e. The second-order valence-electron chi connectivity index (χ2n) is 4.17. The zero-order valence-electron chi connectivity index (χ0n) is 11.1. The lowest BCUT2D eigenvalue weighted by Gasteiger charge is -2.19. The average molecular weight is 268 g/mol. The molecule has 0 amide bonds. The summed E-state index contributed by atoms with van der Waals surface area (Å²) in [5, 5.41) is 0.574. The van der Waals surface area contributed by atoms with Gasteiger partial charge in [0, 0.05) is 0 Å². The van der Waals surface area contributed by atoms with Crippen molar-refractivity contribution in [2.24, 2.45) is 0 Å². The molecule has 1 unspecified atom stereocenters. The van der Waals surface area contributed by atoms with Crippen LogP contribution in [0.1, 0.15) is 33.1 Å². The maximum Gasteiger partial charge on any atom is 0.410 e. The molecule has 0 aliphatic heterocycles. The molecule has 0 spiro atoms. The van der Waals surface area contributed by atoms with Crippen molar-refractivity contribution >= 4 is 12.9 Å². The topological polar surface area (TPSA) is 35.5 Å². The number of allylic oxidation sites excluding steroid dienone is 1. The van der Waals surface area contributed by atoms with Crippen LogP contribution >= 0.6 is 7.60 Å². The highest BCUT2D eigenvalue weighted by Gasteiger charge is 2.28. The van der Waals surface area contributed by atoms with Crippen LogP contribution in [0.5, 0.6) is 0 Å². The highest BCUT2D eigenvalue weighted by atomic mass is 31.2. The van der Waals surface area contributed by atoms with Crippen LogP contribution in [-0.2, 0) is 13.6 Å². The summed E-state index contributed by atoms with van der Waals surface area (Å²) in [5.74, 6) is 0.401. The lowest BCUT2D eigenvalue weighted by Crippen LogP contribution is -2.10. The number of hydrogen-bond donors (Lipinski definition) is 0. The van der Waals surface area contributed by atoms with E-state index < -0.39 is 7.60 Å². The molecular weight excluding hydrogens is 247 g/mol. The van der Waals surface area contributed by atoms with Gasteiger partial charge in [-0.15, -0.1) is 0 Å². The minimum absolute atomic E-state index is 0.401. The molecule has 0 fully saturated rings. The molecule has 0 radical (unpaired) electrons. The Bertz CT molecular complexity index is 414. The van der Waals surface area contributed by atoms with Crippen molar-refractivity contribution in [2.75, 3.05) is 6.61 Å². The first kappa shape index (κ1) is 15.0. The molecular formula is C14H21O3P. The predicted octanol–water partition coefficient (Wildman–Crippen LogP) is 4.26. The Labute approximate surface area is 109 Å². The van der Waals surface area contributed by atoms with Crippen LogP contribution in [0, 0.1) is 0 Å². The molecule has 1 atom stereocenters. The fraction of sp³-hybridized carbons (Fsp3) is 0.429. The molecule has 0 aliphatic carbocycles. The molecule has 1 aromatic rings. The third-order valence-electron chi connectivity index (χ3n) is 2.36. The fourth-order valence-corrected chi connectivity index (χ4v) is 3.13. The van der Waals surface area contributed by atoms with Gasteiger partial charge in [0.15, 0.2) is 0 Å². The Morgan fingerprint density at radius 2 is 1.94 bits per heavy atom. The van der Waals surface area contributed by atoms with Gasteiger partial charge in [-0.3, -0.25) is 4.52 Å². The van der Waals surface area contributed by atoms with E-state index in [0.29, 0.717) is 17.7 Å². The molecule has 4 heteroatoms. The van der Waals surface area contributed by atoms with Crippen LogP contribution in [0.3, 0.4) is 0 Å². The Hall–Kier alpha value is -1.05. The zero-order chi connectivity index (χ0) is 13.4. The van der Waals surface area contributed by atoms with Crippen LogP contribution < -0.4 is 5.30 Å². The fourth-order valence-electron chi connectivity index (χ4n) is 1.51. The van der Waals surface area contributed by atoms with Gasteiger partial charge >= 0.3 is 7.60 Å². The third-order valence-corrected chi connectivity index (χ3v) is 4.36. The van der Waals surface area contributed by atoms with Gasteiger partial charge in [0.2, 0.25) is 0 Å². The van der Waals surface area contributed by atoms with Crippen molar-refractivity contribution in [3.63, 3.8) is 0 Å². The lowest BCUT2D eigenvalue weighted by atomic mass is 10.3. The zero-order valence-corrected chi connectivity index (χ0v) is 12.0. The lowest BCUT2D eigenvalue weighted by molar-refractivity contribution is 0.244. The van der Waals surface area contributed by atoms with Crippen molar-refractivity contribution in [3.05, 3.63) is 42.7 Å². The van der Waals surface area contributed by atoms with Crippen LogP contribution in [0.2, 0.25) is 0 Å². The minimum atomic E-state index is -3.27. The quantitative estimate of drug-likeness (QED) is 0.401. The summed E-state index contributed by atoms with van der Waals surface area (Å²) in [6.45, 7) is 7.86. The highest BCUT2D eigenvalue weighted by Crippen LogP contribution is 2.48. The molecule has 0 saturated carbocycles. The van der Waals surface area contributed by atoms with Crippen molar-refractivity contribution in [2.45, 2.75) is 33.1 Å². The third kappa shape index (κ3) is 4.67. The number of rotatable bonds is 8. The Morgan fingerprint density at radius 3 is 2.50 bits per heavy atom. The molecule has 0 saturated heterocycles. The van der Waals surface area contributed by atoms with Gasteiger partial charge in [-0.2, -0.15) is 0 Å². The van der Waals surface area contributed by atoms with E-state index in [-0.39, 0.29) is 0 Å². The van der Waals surface area contributed by atoms with E-state index in [4.69, 9.17) is 9.05 Å². The first-order valence-corrected chi connectivity index (χ1v) is 7.78. The van der Waals surface area contributed by atoms with Crippen LogP contribution in [-0.4, -0.2) is 6.61 Å². The highest BCUT2D eigenvalue weighted by molar-refractivity contribution is 7.62. The summed E-state index contributed by atoms with van der Waals surface area (Å²) >= 11 is 0. The van der Waals surface area contributed by atoms with Gasteiger partial charge in [-0.05, 0) is 25.5 Å². The van der Waals surface area contributed by atoms with Crippen molar-refractivity contribution < 1.29 is 13.6 Å².